The van der Waals surface area contributed by atoms with Crippen molar-refractivity contribution < 1.29 is 10.2 Å². The van der Waals surface area contributed by atoms with Crippen LogP contribution in [0, 0.1) is 0 Å². The van der Waals surface area contributed by atoms with E-state index >= 15 is 0 Å². The number of nitrogens with zero attached hydrogens (tertiary/aromatic N) is 1. The highest BCUT2D eigenvalue weighted by Gasteiger charge is 2.31. The summed E-state index contributed by atoms with van der Waals surface area (Å²) in [6, 6.07) is 12.0. The van der Waals surface area contributed by atoms with Crippen molar-refractivity contribution in [1.29, 1.82) is 0 Å². The molecular weight excluding hydrogens is 324 g/mol. The molecule has 4 nitrogen and oxygen atoms in total. The maximum atomic E-state index is 10.0. The molecule has 0 radical (unpaired) electrons. The number of benzene rings is 2. The molecule has 0 saturated carbocycles. The lowest BCUT2D eigenvalue weighted by Crippen LogP contribution is -2.36. The Kier molecular flexibility index (Phi) is 4.37. The van der Waals surface area contributed by atoms with Crippen LogP contribution in [0.25, 0.3) is 10.9 Å². The Morgan fingerprint density at radius 3 is 2.65 bits per heavy atom. The first-order valence-corrected chi connectivity index (χ1v) is 9.51. The maximum absolute atomic E-state index is 10.0. The van der Waals surface area contributed by atoms with Gasteiger partial charge in [0.2, 0.25) is 0 Å². The Morgan fingerprint density at radius 2 is 1.92 bits per heavy atom. The molecule has 0 saturated heterocycles. The molecule has 4 heteroatoms. The van der Waals surface area contributed by atoms with E-state index < -0.39 is 0 Å². The van der Waals surface area contributed by atoms with Gasteiger partial charge in [0.1, 0.15) is 0 Å². The summed E-state index contributed by atoms with van der Waals surface area (Å²) in [5.41, 5.74) is 6.16. The molecule has 1 aliphatic rings. The minimum Gasteiger partial charge on any atom is -0.504 e. The summed E-state index contributed by atoms with van der Waals surface area (Å²) in [6.45, 7) is 6.38. The summed E-state index contributed by atoms with van der Waals surface area (Å²) in [5, 5.41) is 21.1. The second-order valence-corrected chi connectivity index (χ2v) is 7.19. The highest BCUT2D eigenvalue weighted by atomic mass is 16.3. The number of H-pyrrole nitrogens is 1. The molecule has 1 aromatic heterocycles. The fraction of sp³-hybridized carbons (Fsp3) is 0.364. The van der Waals surface area contributed by atoms with Gasteiger partial charge in [0.05, 0.1) is 6.04 Å². The molecule has 136 valence electrons. The van der Waals surface area contributed by atoms with Crippen LogP contribution in [0.15, 0.2) is 36.4 Å². The van der Waals surface area contributed by atoms with Crippen molar-refractivity contribution in [2.75, 3.05) is 13.1 Å². The summed E-state index contributed by atoms with van der Waals surface area (Å²) >= 11 is 0. The number of aromatic hydroxyl groups is 2. The number of hydrogen-bond donors (Lipinski definition) is 3. The number of phenolic OH excluding ortho intramolecular Hbond substituents is 2. The second kappa shape index (κ2) is 6.69. The standard InChI is InChI=1S/C22H26N2O2/c1-3-10-24-11-9-16-17-12-14(4-2)5-7-18(17)23-21(16)22(24)15-6-8-19(25)20(26)13-15/h5-8,12-13,22-23,25-26H,3-4,9-11H2,1-2H3. The van der Waals surface area contributed by atoms with E-state index in [-0.39, 0.29) is 17.5 Å². The van der Waals surface area contributed by atoms with E-state index in [0.29, 0.717) is 0 Å². The predicted molar refractivity (Wildman–Crippen MR) is 105 cm³/mol. The number of rotatable bonds is 4. The van der Waals surface area contributed by atoms with Gasteiger partial charge in [-0.3, -0.25) is 4.90 Å². The van der Waals surface area contributed by atoms with E-state index in [9.17, 15) is 10.2 Å². The zero-order chi connectivity index (χ0) is 18.3. The lowest BCUT2D eigenvalue weighted by atomic mass is 9.91. The number of hydrogen-bond acceptors (Lipinski definition) is 3. The quantitative estimate of drug-likeness (QED) is 0.607. The Balaban J connectivity index is 1.88. The van der Waals surface area contributed by atoms with Crippen LogP contribution in [0.2, 0.25) is 0 Å². The van der Waals surface area contributed by atoms with Crippen molar-refractivity contribution in [3.8, 4) is 11.5 Å². The topological polar surface area (TPSA) is 59.5 Å². The molecule has 2 aromatic carbocycles. The third kappa shape index (κ3) is 2.74. The van der Waals surface area contributed by atoms with E-state index in [1.165, 1.54) is 27.7 Å². The fourth-order valence-electron chi connectivity index (χ4n) is 4.22. The van der Waals surface area contributed by atoms with Gasteiger partial charge in [-0.05, 0) is 66.8 Å². The van der Waals surface area contributed by atoms with E-state index in [4.69, 9.17) is 0 Å². The molecule has 0 fully saturated rings. The molecule has 0 spiro atoms. The van der Waals surface area contributed by atoms with Crippen LogP contribution < -0.4 is 0 Å². The van der Waals surface area contributed by atoms with Crippen LogP contribution in [0.3, 0.4) is 0 Å². The highest BCUT2D eigenvalue weighted by Crippen LogP contribution is 2.40. The van der Waals surface area contributed by atoms with Gasteiger partial charge in [-0.15, -0.1) is 0 Å². The number of phenols is 2. The molecule has 2 heterocycles. The minimum absolute atomic E-state index is 0.0598. The summed E-state index contributed by atoms with van der Waals surface area (Å²) in [6.07, 6.45) is 3.15. The maximum Gasteiger partial charge on any atom is 0.157 e. The van der Waals surface area contributed by atoms with E-state index in [0.717, 1.165) is 37.9 Å². The Hall–Kier alpha value is -2.46. The lowest BCUT2D eigenvalue weighted by Gasteiger charge is -2.36. The van der Waals surface area contributed by atoms with Crippen LogP contribution in [-0.4, -0.2) is 33.2 Å². The minimum atomic E-state index is -0.0731. The van der Waals surface area contributed by atoms with Crippen molar-refractivity contribution in [2.45, 2.75) is 39.2 Å². The van der Waals surface area contributed by atoms with Gasteiger partial charge in [0, 0.05) is 23.1 Å². The summed E-state index contributed by atoms with van der Waals surface area (Å²) in [7, 11) is 0. The highest BCUT2D eigenvalue weighted by molar-refractivity contribution is 5.86. The average molecular weight is 350 g/mol. The molecule has 0 amide bonds. The summed E-state index contributed by atoms with van der Waals surface area (Å²) in [4.78, 5) is 6.12. The average Bonchev–Trinajstić information content (AvgIpc) is 3.02. The number of aryl methyl sites for hydroxylation is 1. The predicted octanol–water partition coefficient (Wildman–Crippen LogP) is 4.50. The largest absolute Gasteiger partial charge is 0.504 e. The van der Waals surface area contributed by atoms with Gasteiger partial charge in [-0.2, -0.15) is 0 Å². The van der Waals surface area contributed by atoms with Crippen molar-refractivity contribution in [3.63, 3.8) is 0 Å². The SMILES string of the molecule is CCCN1CCc2c([nH]c3ccc(CC)cc23)C1c1ccc(O)c(O)c1. The van der Waals surface area contributed by atoms with Crippen LogP contribution >= 0.6 is 0 Å². The summed E-state index contributed by atoms with van der Waals surface area (Å²) < 4.78 is 0. The number of nitrogens with one attached hydrogen (secondary N) is 1. The van der Waals surface area contributed by atoms with Crippen LogP contribution in [0.4, 0.5) is 0 Å². The molecule has 1 aliphatic heterocycles. The molecule has 0 bridgehead atoms. The van der Waals surface area contributed by atoms with Gasteiger partial charge >= 0.3 is 0 Å². The van der Waals surface area contributed by atoms with Gasteiger partial charge in [-0.1, -0.05) is 26.0 Å². The molecule has 26 heavy (non-hydrogen) atoms. The van der Waals surface area contributed by atoms with Gasteiger partial charge in [-0.25, -0.2) is 0 Å². The molecule has 0 aliphatic carbocycles. The van der Waals surface area contributed by atoms with Crippen molar-refractivity contribution in [2.24, 2.45) is 0 Å². The van der Waals surface area contributed by atoms with E-state index in [1.54, 1.807) is 12.1 Å². The zero-order valence-electron chi connectivity index (χ0n) is 15.4. The second-order valence-electron chi connectivity index (χ2n) is 7.19. The van der Waals surface area contributed by atoms with E-state index in [1.807, 2.05) is 6.07 Å². The zero-order valence-corrected chi connectivity index (χ0v) is 15.4. The Morgan fingerprint density at radius 1 is 1.08 bits per heavy atom. The Labute approximate surface area is 154 Å². The molecule has 3 aromatic rings. The monoisotopic (exact) mass is 350 g/mol. The number of aromatic amines is 1. The van der Waals surface area contributed by atoms with Crippen molar-refractivity contribution >= 4 is 10.9 Å². The smallest absolute Gasteiger partial charge is 0.157 e. The molecule has 4 rings (SSSR count). The molecule has 3 N–H and O–H groups in total. The van der Waals surface area contributed by atoms with Crippen molar-refractivity contribution in [1.82, 2.24) is 9.88 Å². The molecular formula is C22H26N2O2. The van der Waals surface area contributed by atoms with Crippen molar-refractivity contribution in [3.05, 3.63) is 58.8 Å². The van der Waals surface area contributed by atoms with Gasteiger partial charge in [0.25, 0.3) is 0 Å². The lowest BCUT2D eigenvalue weighted by molar-refractivity contribution is 0.211. The van der Waals surface area contributed by atoms with E-state index in [2.05, 4.69) is 41.9 Å². The number of aromatic nitrogens is 1. The molecule has 1 atom stereocenters. The first-order valence-electron chi connectivity index (χ1n) is 9.51. The first kappa shape index (κ1) is 17.0. The Bertz CT molecular complexity index is 945. The van der Waals surface area contributed by atoms with Crippen LogP contribution in [-0.2, 0) is 12.8 Å². The van der Waals surface area contributed by atoms with Crippen LogP contribution in [0.1, 0.15) is 48.7 Å². The number of fused-ring (bicyclic) bond motifs is 3. The molecule has 1 unspecified atom stereocenters. The van der Waals surface area contributed by atoms with Gasteiger partial charge < -0.3 is 15.2 Å². The third-order valence-corrected chi connectivity index (χ3v) is 5.53. The third-order valence-electron chi connectivity index (χ3n) is 5.53. The summed E-state index contributed by atoms with van der Waals surface area (Å²) in [5.74, 6) is -0.133. The van der Waals surface area contributed by atoms with Crippen LogP contribution in [0.5, 0.6) is 11.5 Å². The fourth-order valence-corrected chi connectivity index (χ4v) is 4.22. The normalized spacial score (nSPS) is 17.5. The van der Waals surface area contributed by atoms with Gasteiger partial charge in [0.15, 0.2) is 11.5 Å². The first-order chi connectivity index (χ1) is 12.6.